The third-order valence-corrected chi connectivity index (χ3v) is 9.56. The van der Waals surface area contributed by atoms with Gasteiger partial charge < -0.3 is 0 Å². The second-order valence-electron chi connectivity index (χ2n) is 13.0. The van der Waals surface area contributed by atoms with E-state index in [9.17, 15) is 0 Å². The van der Waals surface area contributed by atoms with Gasteiger partial charge >= 0.3 is 0 Å². The number of pyridine rings is 6. The lowest BCUT2D eigenvalue weighted by atomic mass is 10.0. The van der Waals surface area contributed by atoms with E-state index in [1.165, 1.54) is 22.3 Å². The molecule has 0 spiro atoms. The maximum atomic E-state index is 5.17. The van der Waals surface area contributed by atoms with E-state index in [1.807, 2.05) is 49.1 Å². The van der Waals surface area contributed by atoms with E-state index in [4.69, 9.17) is 9.97 Å². The molecule has 0 N–H and O–H groups in total. The summed E-state index contributed by atoms with van der Waals surface area (Å²) in [5.74, 6) is 0. The van der Waals surface area contributed by atoms with E-state index < -0.39 is 0 Å². The lowest BCUT2D eigenvalue weighted by molar-refractivity contribution is -0.688. The smallest absolute Gasteiger partial charge is 0.173 e. The molecule has 0 radical (unpaired) electrons. The molecule has 6 aromatic heterocycles. The van der Waals surface area contributed by atoms with E-state index in [1.54, 1.807) is 0 Å². The van der Waals surface area contributed by atoms with Crippen molar-refractivity contribution in [3.05, 3.63) is 194 Å². The molecule has 3 aromatic carbocycles. The first-order valence-electron chi connectivity index (χ1n) is 17.4. The second kappa shape index (κ2) is 13.8. The SMILES string of the molecule is c1cc(-c2cc[n+](Cc3ccc(-c4ccc5ccc6ccc(-c7ccc(C[n+]8ccc(-c9ccncc9)cc8)cc7)nc6c5n4)cc3)cc2)ccn1. The number of fused-ring (bicyclic) bond motifs is 3. The summed E-state index contributed by atoms with van der Waals surface area (Å²) in [6, 6.07) is 46.8. The number of aromatic nitrogens is 6. The zero-order chi connectivity index (χ0) is 34.7. The predicted molar refractivity (Wildman–Crippen MR) is 206 cm³/mol. The molecule has 0 aliphatic heterocycles. The molecule has 52 heavy (non-hydrogen) atoms. The van der Waals surface area contributed by atoms with Gasteiger partial charge in [0.15, 0.2) is 37.9 Å². The van der Waals surface area contributed by atoms with E-state index >= 15 is 0 Å². The van der Waals surface area contributed by atoms with Gasteiger partial charge in [0.2, 0.25) is 0 Å². The van der Waals surface area contributed by atoms with E-state index in [0.717, 1.165) is 68.5 Å². The Morgan fingerprint density at radius 1 is 0.327 bits per heavy atom. The molecule has 0 unspecified atom stereocenters. The first kappa shape index (κ1) is 31.1. The highest BCUT2D eigenvalue weighted by Gasteiger charge is 2.11. The first-order valence-corrected chi connectivity index (χ1v) is 17.4. The van der Waals surface area contributed by atoms with Crippen molar-refractivity contribution < 1.29 is 9.13 Å². The Hall–Kier alpha value is -6.92. The minimum Gasteiger partial charge on any atom is -0.265 e. The fraction of sp³-hybridized carbons (Fsp3) is 0.0435. The van der Waals surface area contributed by atoms with Gasteiger partial charge in [-0.15, -0.1) is 0 Å². The molecule has 0 aliphatic rings. The summed E-state index contributed by atoms with van der Waals surface area (Å²) >= 11 is 0. The Morgan fingerprint density at radius 2 is 0.673 bits per heavy atom. The van der Waals surface area contributed by atoms with Gasteiger partial charge in [-0.3, -0.25) is 9.97 Å². The van der Waals surface area contributed by atoms with Crippen LogP contribution in [-0.4, -0.2) is 19.9 Å². The third-order valence-electron chi connectivity index (χ3n) is 9.56. The maximum Gasteiger partial charge on any atom is 0.173 e. The lowest BCUT2D eigenvalue weighted by Gasteiger charge is -2.09. The summed E-state index contributed by atoms with van der Waals surface area (Å²) in [5, 5.41) is 2.15. The number of nitrogens with zero attached hydrogens (tertiary/aromatic N) is 6. The number of hydrogen-bond donors (Lipinski definition) is 0. The van der Waals surface area contributed by atoms with Gasteiger partial charge in [0.1, 0.15) is 0 Å². The molecule has 6 nitrogen and oxygen atoms in total. The number of rotatable bonds is 8. The van der Waals surface area contributed by atoms with Crippen molar-refractivity contribution in [2.45, 2.75) is 13.1 Å². The van der Waals surface area contributed by atoms with Gasteiger partial charge in [0, 0.05) is 82.1 Å². The van der Waals surface area contributed by atoms with Crippen LogP contribution in [0.15, 0.2) is 183 Å². The van der Waals surface area contributed by atoms with Crippen molar-refractivity contribution in [2.75, 3.05) is 0 Å². The van der Waals surface area contributed by atoms with Crippen LogP contribution in [0.4, 0.5) is 0 Å². The highest BCUT2D eigenvalue weighted by atomic mass is 14.9. The molecule has 246 valence electrons. The molecular formula is C46H34N6+2. The Labute approximate surface area is 302 Å². The van der Waals surface area contributed by atoms with Crippen LogP contribution in [0.5, 0.6) is 0 Å². The molecule has 0 saturated carbocycles. The van der Waals surface area contributed by atoms with Crippen LogP contribution in [0.1, 0.15) is 11.1 Å². The van der Waals surface area contributed by atoms with Crippen molar-refractivity contribution >= 4 is 21.8 Å². The van der Waals surface area contributed by atoms with Crippen molar-refractivity contribution in [3.8, 4) is 44.8 Å². The van der Waals surface area contributed by atoms with Crippen LogP contribution >= 0.6 is 0 Å². The molecule has 0 aliphatic carbocycles. The van der Waals surface area contributed by atoms with Gasteiger partial charge in [0.25, 0.3) is 0 Å². The summed E-state index contributed by atoms with van der Waals surface area (Å²) in [6.45, 7) is 1.58. The molecule has 6 heterocycles. The molecule has 0 atom stereocenters. The molecular weight excluding hydrogens is 637 g/mol. The zero-order valence-electron chi connectivity index (χ0n) is 28.4. The van der Waals surface area contributed by atoms with E-state index in [-0.39, 0.29) is 0 Å². The van der Waals surface area contributed by atoms with Crippen molar-refractivity contribution in [1.82, 2.24) is 19.9 Å². The average molecular weight is 671 g/mol. The van der Waals surface area contributed by atoms with Gasteiger partial charge in [-0.2, -0.15) is 0 Å². The topological polar surface area (TPSA) is 59.3 Å². The van der Waals surface area contributed by atoms with Crippen molar-refractivity contribution in [3.63, 3.8) is 0 Å². The predicted octanol–water partition coefficient (Wildman–Crippen LogP) is 8.91. The van der Waals surface area contributed by atoms with Crippen molar-refractivity contribution in [1.29, 1.82) is 0 Å². The standard InChI is InChI=1S/C46H34N6/c1-5-39(6-2-33(1)31-51-27-19-37(20-28-51)35-15-23-47-24-16-35)43-13-11-41-9-10-42-12-14-44(50-46(42)45(41)49-43)40-7-3-34(4-8-40)32-52-29-21-38(22-30-52)36-17-25-48-26-18-36/h1-30H,31-32H2/q+2. The average Bonchev–Trinajstić information content (AvgIpc) is 3.22. The van der Waals surface area contributed by atoms with Crippen LogP contribution in [-0.2, 0) is 13.1 Å². The first-order chi connectivity index (χ1) is 25.7. The van der Waals surface area contributed by atoms with Crippen LogP contribution < -0.4 is 9.13 Å². The summed E-state index contributed by atoms with van der Waals surface area (Å²) in [6.07, 6.45) is 15.8. The molecule has 0 fully saturated rings. The van der Waals surface area contributed by atoms with Gasteiger partial charge in [-0.1, -0.05) is 72.8 Å². The molecule has 9 rings (SSSR count). The molecule has 6 heteroatoms. The van der Waals surface area contributed by atoms with Crippen LogP contribution in [0.2, 0.25) is 0 Å². The summed E-state index contributed by atoms with van der Waals surface area (Å²) in [5.41, 5.74) is 13.0. The van der Waals surface area contributed by atoms with Gasteiger partial charge in [0.05, 0.1) is 22.4 Å². The number of benzene rings is 3. The summed E-state index contributed by atoms with van der Waals surface area (Å²) in [7, 11) is 0. The Bertz CT molecular complexity index is 2440. The van der Waals surface area contributed by atoms with Crippen LogP contribution in [0.3, 0.4) is 0 Å². The Morgan fingerprint density at radius 3 is 1.06 bits per heavy atom. The Kier molecular flexibility index (Phi) is 8.23. The van der Waals surface area contributed by atoms with Gasteiger partial charge in [-0.25, -0.2) is 19.1 Å². The normalized spacial score (nSPS) is 11.2. The zero-order valence-corrected chi connectivity index (χ0v) is 28.4. The maximum absolute atomic E-state index is 5.17. The largest absolute Gasteiger partial charge is 0.265 e. The summed E-state index contributed by atoms with van der Waals surface area (Å²) in [4.78, 5) is 18.6. The Balaban J connectivity index is 0.928. The van der Waals surface area contributed by atoms with E-state index in [0.29, 0.717) is 0 Å². The molecule has 0 amide bonds. The highest BCUT2D eigenvalue weighted by Crippen LogP contribution is 2.29. The lowest BCUT2D eigenvalue weighted by Crippen LogP contribution is -2.32. The molecule has 0 bridgehead atoms. The highest BCUT2D eigenvalue weighted by molar-refractivity contribution is 6.04. The van der Waals surface area contributed by atoms with Crippen molar-refractivity contribution in [2.24, 2.45) is 0 Å². The van der Waals surface area contributed by atoms with Crippen LogP contribution in [0, 0.1) is 0 Å². The fourth-order valence-electron chi connectivity index (χ4n) is 6.67. The minimum absolute atomic E-state index is 0.791. The minimum atomic E-state index is 0.791. The second-order valence-corrected chi connectivity index (χ2v) is 13.0. The fourth-order valence-corrected chi connectivity index (χ4v) is 6.67. The number of hydrogen-bond acceptors (Lipinski definition) is 4. The molecule has 0 saturated heterocycles. The van der Waals surface area contributed by atoms with Gasteiger partial charge in [-0.05, 0) is 58.7 Å². The quantitative estimate of drug-likeness (QED) is 0.120. The summed E-state index contributed by atoms with van der Waals surface area (Å²) < 4.78 is 4.39. The van der Waals surface area contributed by atoms with E-state index in [2.05, 4.69) is 153 Å². The van der Waals surface area contributed by atoms with Crippen LogP contribution in [0.25, 0.3) is 66.6 Å². The molecule has 9 aromatic rings. The monoisotopic (exact) mass is 670 g/mol. The third kappa shape index (κ3) is 6.53.